The van der Waals surface area contributed by atoms with Crippen LogP contribution < -0.4 is 10.1 Å². The third-order valence-corrected chi connectivity index (χ3v) is 4.81. The molecule has 0 saturated heterocycles. The largest absolute Gasteiger partial charge is 0.484 e. The minimum Gasteiger partial charge on any atom is -0.484 e. The van der Waals surface area contributed by atoms with Crippen LogP contribution in [0.4, 0.5) is 0 Å². The van der Waals surface area contributed by atoms with E-state index in [9.17, 15) is 4.79 Å². The van der Waals surface area contributed by atoms with Gasteiger partial charge in [-0.3, -0.25) is 9.69 Å². The number of ether oxygens (including phenoxy) is 1. The maximum atomic E-state index is 12.0. The maximum absolute atomic E-state index is 12.0. The molecule has 1 amide bonds. The third-order valence-electron chi connectivity index (χ3n) is 4.56. The first kappa shape index (κ1) is 17.8. The minimum atomic E-state index is -0.112. The molecule has 0 radical (unpaired) electrons. The summed E-state index contributed by atoms with van der Waals surface area (Å²) in [5.74, 6) is 0.527. The van der Waals surface area contributed by atoms with Gasteiger partial charge < -0.3 is 10.1 Å². The molecule has 0 fully saturated rings. The van der Waals surface area contributed by atoms with Crippen LogP contribution in [0.5, 0.6) is 5.75 Å². The summed E-state index contributed by atoms with van der Waals surface area (Å²) in [6, 6.07) is 15.8. The maximum Gasteiger partial charge on any atom is 0.257 e. The lowest BCUT2D eigenvalue weighted by molar-refractivity contribution is -0.123. The Morgan fingerprint density at radius 1 is 1.20 bits per heavy atom. The van der Waals surface area contributed by atoms with Crippen molar-refractivity contribution in [2.45, 2.75) is 25.9 Å². The summed E-state index contributed by atoms with van der Waals surface area (Å²) >= 11 is 5.82. The zero-order valence-corrected chi connectivity index (χ0v) is 15.1. The van der Waals surface area contributed by atoms with E-state index in [1.54, 1.807) is 24.3 Å². The molecule has 132 valence electrons. The summed E-state index contributed by atoms with van der Waals surface area (Å²) in [6.07, 6.45) is 1.06. The van der Waals surface area contributed by atoms with Crippen LogP contribution in [-0.2, 0) is 17.8 Å². The molecular weight excluding hydrogens is 336 g/mol. The van der Waals surface area contributed by atoms with Crippen molar-refractivity contribution in [3.05, 3.63) is 64.7 Å². The van der Waals surface area contributed by atoms with Crippen LogP contribution in [0.3, 0.4) is 0 Å². The standard InChI is InChI=1S/C20H23ClN2O2/c1-15(23-11-10-16-4-2-3-5-17(16)13-23)12-22-20(24)14-25-19-8-6-18(21)7-9-19/h2-9,15H,10-14H2,1H3,(H,22,24)/t15-/m1/s1. The van der Waals surface area contributed by atoms with Gasteiger partial charge in [0.2, 0.25) is 0 Å². The summed E-state index contributed by atoms with van der Waals surface area (Å²) in [5, 5.41) is 3.60. The Morgan fingerprint density at radius 2 is 1.92 bits per heavy atom. The molecule has 0 spiro atoms. The topological polar surface area (TPSA) is 41.6 Å². The number of carbonyl (C=O) groups is 1. The molecule has 0 saturated carbocycles. The molecule has 0 unspecified atom stereocenters. The number of nitrogens with one attached hydrogen (secondary N) is 1. The second-order valence-corrected chi connectivity index (χ2v) is 6.82. The molecule has 25 heavy (non-hydrogen) atoms. The van der Waals surface area contributed by atoms with E-state index in [0.29, 0.717) is 17.3 Å². The molecule has 4 nitrogen and oxygen atoms in total. The first-order chi connectivity index (χ1) is 12.1. The molecule has 1 aliphatic heterocycles. The number of carbonyl (C=O) groups excluding carboxylic acids is 1. The Morgan fingerprint density at radius 3 is 2.68 bits per heavy atom. The molecule has 2 aromatic rings. The van der Waals surface area contributed by atoms with Gasteiger partial charge in [-0.25, -0.2) is 0 Å². The first-order valence-electron chi connectivity index (χ1n) is 8.58. The van der Waals surface area contributed by atoms with Crippen molar-refractivity contribution in [3.8, 4) is 5.75 Å². The molecule has 1 aliphatic rings. The minimum absolute atomic E-state index is 0.0111. The average Bonchev–Trinajstić information content (AvgIpc) is 2.65. The quantitative estimate of drug-likeness (QED) is 0.861. The summed E-state index contributed by atoms with van der Waals surface area (Å²) in [5.41, 5.74) is 2.82. The van der Waals surface area contributed by atoms with E-state index in [1.807, 2.05) is 0 Å². The van der Waals surface area contributed by atoms with E-state index in [1.165, 1.54) is 11.1 Å². The second kappa shape index (κ2) is 8.37. The van der Waals surface area contributed by atoms with Gasteiger partial charge in [-0.05, 0) is 48.7 Å². The van der Waals surface area contributed by atoms with Crippen LogP contribution >= 0.6 is 11.6 Å². The lowest BCUT2D eigenvalue weighted by Gasteiger charge is -2.33. The Bertz CT molecular complexity index is 718. The highest BCUT2D eigenvalue weighted by Gasteiger charge is 2.20. The Kier molecular flexibility index (Phi) is 5.95. The number of hydrogen-bond acceptors (Lipinski definition) is 3. The smallest absolute Gasteiger partial charge is 0.257 e. The summed E-state index contributed by atoms with van der Waals surface area (Å²) < 4.78 is 5.46. The Labute approximate surface area is 153 Å². The van der Waals surface area contributed by atoms with Crippen LogP contribution in [0, 0.1) is 0 Å². The zero-order chi connectivity index (χ0) is 17.6. The van der Waals surface area contributed by atoms with Crippen LogP contribution in [0.2, 0.25) is 5.02 Å². The van der Waals surface area contributed by atoms with Crippen molar-refractivity contribution < 1.29 is 9.53 Å². The van der Waals surface area contributed by atoms with Gasteiger partial charge >= 0.3 is 0 Å². The highest BCUT2D eigenvalue weighted by atomic mass is 35.5. The third kappa shape index (κ3) is 4.97. The van der Waals surface area contributed by atoms with E-state index >= 15 is 0 Å². The van der Waals surface area contributed by atoms with E-state index in [4.69, 9.17) is 16.3 Å². The molecule has 1 N–H and O–H groups in total. The SMILES string of the molecule is C[C@H](CNC(=O)COc1ccc(Cl)cc1)N1CCc2ccccc2C1. The monoisotopic (exact) mass is 358 g/mol. The first-order valence-corrected chi connectivity index (χ1v) is 8.95. The normalized spacial score (nSPS) is 15.3. The fraction of sp³-hybridized carbons (Fsp3) is 0.350. The molecule has 1 atom stereocenters. The molecule has 0 bridgehead atoms. The number of rotatable bonds is 6. The van der Waals surface area contributed by atoms with Crippen LogP contribution in [0.1, 0.15) is 18.1 Å². The number of halogens is 1. The Hall–Kier alpha value is -2.04. The van der Waals surface area contributed by atoms with Crippen molar-refractivity contribution >= 4 is 17.5 Å². The van der Waals surface area contributed by atoms with Gasteiger partial charge in [0.15, 0.2) is 6.61 Å². The van der Waals surface area contributed by atoms with Gasteiger partial charge in [0, 0.05) is 30.7 Å². The van der Waals surface area contributed by atoms with Crippen molar-refractivity contribution in [1.82, 2.24) is 10.2 Å². The number of amides is 1. The molecule has 0 aromatic heterocycles. The molecular formula is C20H23ClN2O2. The summed E-state index contributed by atoms with van der Waals surface area (Å²) in [6.45, 7) is 4.74. The lowest BCUT2D eigenvalue weighted by atomic mass is 9.99. The number of benzene rings is 2. The van der Waals surface area contributed by atoms with E-state index < -0.39 is 0 Å². The average molecular weight is 359 g/mol. The summed E-state index contributed by atoms with van der Waals surface area (Å²) in [7, 11) is 0. The van der Waals surface area contributed by atoms with Crippen molar-refractivity contribution in [3.63, 3.8) is 0 Å². The second-order valence-electron chi connectivity index (χ2n) is 6.38. The highest BCUT2D eigenvalue weighted by molar-refractivity contribution is 6.30. The Balaban J connectivity index is 1.42. The molecule has 1 heterocycles. The molecule has 5 heteroatoms. The van der Waals surface area contributed by atoms with Crippen LogP contribution in [0.15, 0.2) is 48.5 Å². The summed E-state index contributed by atoms with van der Waals surface area (Å²) in [4.78, 5) is 14.4. The van der Waals surface area contributed by atoms with Gasteiger partial charge in [0.1, 0.15) is 5.75 Å². The predicted octanol–water partition coefficient (Wildman–Crippen LogP) is 3.28. The molecule has 2 aromatic carbocycles. The van der Waals surface area contributed by atoms with Gasteiger partial charge in [-0.15, -0.1) is 0 Å². The van der Waals surface area contributed by atoms with Crippen molar-refractivity contribution in [2.75, 3.05) is 19.7 Å². The van der Waals surface area contributed by atoms with E-state index in [2.05, 4.69) is 41.4 Å². The predicted molar refractivity (Wildman–Crippen MR) is 100.0 cm³/mol. The van der Waals surface area contributed by atoms with Gasteiger partial charge in [0.25, 0.3) is 5.91 Å². The molecule has 3 rings (SSSR count). The van der Waals surface area contributed by atoms with Crippen LogP contribution in [-0.4, -0.2) is 36.5 Å². The fourth-order valence-electron chi connectivity index (χ4n) is 3.02. The number of fused-ring (bicyclic) bond motifs is 1. The lowest BCUT2D eigenvalue weighted by Crippen LogP contribution is -2.45. The molecule has 0 aliphatic carbocycles. The van der Waals surface area contributed by atoms with E-state index in [-0.39, 0.29) is 18.6 Å². The number of hydrogen-bond donors (Lipinski definition) is 1. The number of nitrogens with zero attached hydrogens (tertiary/aromatic N) is 1. The van der Waals surface area contributed by atoms with Gasteiger partial charge in [-0.2, -0.15) is 0 Å². The van der Waals surface area contributed by atoms with Crippen molar-refractivity contribution in [1.29, 1.82) is 0 Å². The van der Waals surface area contributed by atoms with Gasteiger partial charge in [0.05, 0.1) is 0 Å². The van der Waals surface area contributed by atoms with Gasteiger partial charge in [-0.1, -0.05) is 35.9 Å². The van der Waals surface area contributed by atoms with Crippen LogP contribution in [0.25, 0.3) is 0 Å². The highest BCUT2D eigenvalue weighted by Crippen LogP contribution is 2.20. The zero-order valence-electron chi connectivity index (χ0n) is 14.4. The fourth-order valence-corrected chi connectivity index (χ4v) is 3.14. The van der Waals surface area contributed by atoms with Crippen molar-refractivity contribution in [2.24, 2.45) is 0 Å². The van der Waals surface area contributed by atoms with E-state index in [0.717, 1.165) is 19.5 Å².